The van der Waals surface area contributed by atoms with Crippen molar-refractivity contribution in [2.24, 2.45) is 0 Å². The third-order valence-corrected chi connectivity index (χ3v) is 4.76. The summed E-state index contributed by atoms with van der Waals surface area (Å²) in [7, 11) is 0. The fourth-order valence-corrected chi connectivity index (χ4v) is 3.49. The minimum Gasteiger partial charge on any atom is -0.382 e. The second-order valence-electron chi connectivity index (χ2n) is 5.41. The maximum absolute atomic E-state index is 12.2. The highest BCUT2D eigenvalue weighted by Crippen LogP contribution is 2.25. The Morgan fingerprint density at radius 2 is 2.23 bits per heavy atom. The molecule has 112 valence electrons. The SMILES string of the molecule is N#Cc1cc(C(=N)c2c(NC3CCCC3)cc[nH]c2=O)cs1. The summed E-state index contributed by atoms with van der Waals surface area (Å²) in [6.07, 6.45) is 6.19. The second kappa shape index (κ2) is 6.16. The van der Waals surface area contributed by atoms with Gasteiger partial charge in [0.1, 0.15) is 10.9 Å². The number of thiophene rings is 1. The van der Waals surface area contributed by atoms with Crippen LogP contribution in [0.5, 0.6) is 0 Å². The Labute approximate surface area is 132 Å². The van der Waals surface area contributed by atoms with E-state index in [0.29, 0.717) is 27.7 Å². The predicted octanol–water partition coefficient (Wildman–Crippen LogP) is 3.08. The summed E-state index contributed by atoms with van der Waals surface area (Å²) in [5.41, 5.74) is 1.52. The first-order chi connectivity index (χ1) is 10.7. The first-order valence-electron chi connectivity index (χ1n) is 7.25. The molecule has 22 heavy (non-hydrogen) atoms. The fourth-order valence-electron chi connectivity index (χ4n) is 2.81. The molecule has 1 aliphatic rings. The molecule has 0 aromatic carbocycles. The number of anilines is 1. The molecular weight excluding hydrogens is 296 g/mol. The van der Waals surface area contributed by atoms with Crippen molar-refractivity contribution in [3.63, 3.8) is 0 Å². The molecule has 1 saturated carbocycles. The topological polar surface area (TPSA) is 92.5 Å². The van der Waals surface area contributed by atoms with Gasteiger partial charge in [0.15, 0.2) is 0 Å². The minimum absolute atomic E-state index is 0.153. The standard InChI is InChI=1S/C16H16N4OS/c17-8-12-7-10(9-22-12)15(18)14-13(5-6-19-16(14)21)20-11-3-1-2-4-11/h5-7,9,11,18H,1-4H2,(H2,19,20,21). The molecule has 0 bridgehead atoms. The van der Waals surface area contributed by atoms with Crippen LogP contribution in [-0.2, 0) is 0 Å². The van der Waals surface area contributed by atoms with Gasteiger partial charge < -0.3 is 10.3 Å². The van der Waals surface area contributed by atoms with E-state index in [-0.39, 0.29) is 11.3 Å². The number of pyridine rings is 1. The van der Waals surface area contributed by atoms with Gasteiger partial charge >= 0.3 is 0 Å². The molecule has 0 saturated heterocycles. The highest BCUT2D eigenvalue weighted by Gasteiger charge is 2.20. The number of rotatable bonds is 4. The number of H-pyrrole nitrogens is 1. The van der Waals surface area contributed by atoms with Crippen molar-refractivity contribution in [3.05, 3.63) is 50.1 Å². The lowest BCUT2D eigenvalue weighted by molar-refractivity contribution is 0.754. The van der Waals surface area contributed by atoms with E-state index in [2.05, 4.69) is 16.4 Å². The van der Waals surface area contributed by atoms with E-state index in [0.717, 1.165) is 12.8 Å². The molecule has 2 aromatic heterocycles. The molecule has 2 aromatic rings. The Morgan fingerprint density at radius 1 is 1.45 bits per heavy atom. The number of aromatic nitrogens is 1. The molecule has 0 atom stereocenters. The van der Waals surface area contributed by atoms with Crippen molar-refractivity contribution in [2.45, 2.75) is 31.7 Å². The normalized spacial score (nSPS) is 14.7. The van der Waals surface area contributed by atoms with Gasteiger partial charge in [-0.05, 0) is 25.0 Å². The average molecular weight is 312 g/mol. The monoisotopic (exact) mass is 312 g/mol. The van der Waals surface area contributed by atoms with E-state index >= 15 is 0 Å². The molecule has 3 rings (SSSR count). The lowest BCUT2D eigenvalue weighted by Gasteiger charge is -2.16. The largest absolute Gasteiger partial charge is 0.382 e. The molecule has 0 spiro atoms. The zero-order valence-electron chi connectivity index (χ0n) is 12.0. The van der Waals surface area contributed by atoms with E-state index in [4.69, 9.17) is 10.7 Å². The van der Waals surface area contributed by atoms with Crippen LogP contribution in [0.1, 0.15) is 41.7 Å². The lowest BCUT2D eigenvalue weighted by Crippen LogP contribution is -2.24. The first kappa shape index (κ1) is 14.5. The zero-order chi connectivity index (χ0) is 15.5. The molecule has 1 aliphatic carbocycles. The highest BCUT2D eigenvalue weighted by molar-refractivity contribution is 7.10. The summed E-state index contributed by atoms with van der Waals surface area (Å²) in [5, 5.41) is 22.4. The molecule has 2 heterocycles. The van der Waals surface area contributed by atoms with Crippen molar-refractivity contribution >= 4 is 22.7 Å². The number of hydrogen-bond donors (Lipinski definition) is 3. The van der Waals surface area contributed by atoms with E-state index in [1.807, 2.05) is 0 Å². The summed E-state index contributed by atoms with van der Waals surface area (Å²) in [4.78, 5) is 15.4. The number of nitriles is 1. The Morgan fingerprint density at radius 3 is 2.91 bits per heavy atom. The summed E-state index contributed by atoms with van der Waals surface area (Å²) in [5.74, 6) is 0. The van der Waals surface area contributed by atoms with Crippen molar-refractivity contribution in [1.29, 1.82) is 10.7 Å². The number of nitrogens with zero attached hydrogens (tertiary/aromatic N) is 1. The van der Waals surface area contributed by atoms with E-state index in [1.165, 1.54) is 24.2 Å². The van der Waals surface area contributed by atoms with Gasteiger partial charge in [0.05, 0.1) is 17.0 Å². The highest BCUT2D eigenvalue weighted by atomic mass is 32.1. The maximum atomic E-state index is 12.2. The Bertz CT molecular complexity index is 793. The van der Waals surface area contributed by atoms with Crippen LogP contribution >= 0.6 is 11.3 Å². The van der Waals surface area contributed by atoms with Crippen LogP contribution < -0.4 is 10.9 Å². The number of aromatic amines is 1. The van der Waals surface area contributed by atoms with Crippen LogP contribution in [0.15, 0.2) is 28.5 Å². The van der Waals surface area contributed by atoms with Gasteiger partial charge in [0.25, 0.3) is 5.56 Å². The number of hydrogen-bond acceptors (Lipinski definition) is 5. The molecule has 3 N–H and O–H groups in total. The summed E-state index contributed by atoms with van der Waals surface area (Å²) in [6, 6.07) is 5.89. The summed E-state index contributed by atoms with van der Waals surface area (Å²) in [6.45, 7) is 0. The van der Waals surface area contributed by atoms with Crippen LogP contribution in [0.3, 0.4) is 0 Å². The quantitative estimate of drug-likeness (QED) is 0.757. The Hall–Kier alpha value is -2.39. The van der Waals surface area contributed by atoms with Crippen LogP contribution in [0.25, 0.3) is 0 Å². The Kier molecular flexibility index (Phi) is 4.07. The van der Waals surface area contributed by atoms with Crippen molar-refractivity contribution < 1.29 is 0 Å². The predicted molar refractivity (Wildman–Crippen MR) is 87.9 cm³/mol. The molecule has 5 nitrogen and oxygen atoms in total. The van der Waals surface area contributed by atoms with E-state index in [1.54, 1.807) is 23.7 Å². The zero-order valence-corrected chi connectivity index (χ0v) is 12.8. The smallest absolute Gasteiger partial charge is 0.259 e. The van der Waals surface area contributed by atoms with Crippen LogP contribution in [-0.4, -0.2) is 16.7 Å². The fraction of sp³-hybridized carbons (Fsp3) is 0.312. The lowest BCUT2D eigenvalue weighted by atomic mass is 10.0. The number of nitrogens with one attached hydrogen (secondary N) is 3. The summed E-state index contributed by atoms with van der Waals surface area (Å²) >= 11 is 1.28. The van der Waals surface area contributed by atoms with Gasteiger partial charge in [-0.25, -0.2) is 0 Å². The van der Waals surface area contributed by atoms with Gasteiger partial charge in [-0.1, -0.05) is 12.8 Å². The molecule has 0 amide bonds. The van der Waals surface area contributed by atoms with E-state index in [9.17, 15) is 4.79 Å². The first-order valence-corrected chi connectivity index (χ1v) is 8.13. The molecular formula is C16H16N4OS. The Balaban J connectivity index is 1.96. The molecule has 0 unspecified atom stereocenters. The van der Waals surface area contributed by atoms with Gasteiger partial charge in [-0.3, -0.25) is 10.2 Å². The molecule has 6 heteroatoms. The average Bonchev–Trinajstić information content (AvgIpc) is 3.18. The van der Waals surface area contributed by atoms with Crippen molar-refractivity contribution in [2.75, 3.05) is 5.32 Å². The van der Waals surface area contributed by atoms with Crippen molar-refractivity contribution in [1.82, 2.24) is 4.98 Å². The van der Waals surface area contributed by atoms with Crippen molar-refractivity contribution in [3.8, 4) is 6.07 Å². The van der Waals surface area contributed by atoms with Crippen LogP contribution in [0.4, 0.5) is 5.69 Å². The van der Waals surface area contributed by atoms with Gasteiger partial charge in [-0.15, -0.1) is 11.3 Å². The minimum atomic E-state index is -0.280. The van der Waals surface area contributed by atoms with Gasteiger partial charge in [0.2, 0.25) is 0 Å². The van der Waals surface area contributed by atoms with Crippen LogP contribution in [0.2, 0.25) is 0 Å². The second-order valence-corrected chi connectivity index (χ2v) is 6.32. The maximum Gasteiger partial charge on any atom is 0.259 e. The molecule has 1 fully saturated rings. The third kappa shape index (κ3) is 2.81. The van der Waals surface area contributed by atoms with E-state index < -0.39 is 0 Å². The van der Waals surface area contributed by atoms with Gasteiger partial charge in [-0.2, -0.15) is 5.26 Å². The summed E-state index contributed by atoms with van der Waals surface area (Å²) < 4.78 is 0. The van der Waals surface area contributed by atoms with Crippen LogP contribution in [0, 0.1) is 16.7 Å². The molecule has 0 aliphatic heterocycles. The third-order valence-electron chi connectivity index (χ3n) is 3.92. The van der Waals surface area contributed by atoms with Gasteiger partial charge in [0, 0.05) is 23.2 Å². The molecule has 0 radical (unpaired) electrons.